The zero-order valence-electron chi connectivity index (χ0n) is 10.2. The molecule has 90 valence electrons. The molecule has 17 heavy (non-hydrogen) atoms. The van der Waals surface area contributed by atoms with E-state index in [1.54, 1.807) is 0 Å². The SMILES string of the molecule is C=CCC(C=C)/C=C(\S)c1ccccc1NC. The van der Waals surface area contributed by atoms with E-state index in [9.17, 15) is 0 Å². The molecule has 1 nitrogen and oxygen atoms in total. The van der Waals surface area contributed by atoms with E-state index < -0.39 is 0 Å². The summed E-state index contributed by atoms with van der Waals surface area (Å²) in [6, 6.07) is 8.11. The van der Waals surface area contributed by atoms with Crippen molar-refractivity contribution < 1.29 is 0 Å². The smallest absolute Gasteiger partial charge is 0.0422 e. The van der Waals surface area contributed by atoms with Crippen molar-refractivity contribution in [3.05, 3.63) is 61.2 Å². The topological polar surface area (TPSA) is 12.0 Å². The maximum absolute atomic E-state index is 4.57. The van der Waals surface area contributed by atoms with Gasteiger partial charge in [-0.25, -0.2) is 0 Å². The molecule has 1 rings (SSSR count). The Labute approximate surface area is 109 Å². The average Bonchev–Trinajstić information content (AvgIpc) is 2.38. The molecule has 0 saturated carbocycles. The van der Waals surface area contributed by atoms with Crippen LogP contribution in [0.15, 0.2) is 55.7 Å². The molecule has 0 aliphatic carbocycles. The third kappa shape index (κ3) is 3.82. The lowest BCUT2D eigenvalue weighted by Gasteiger charge is -2.11. The largest absolute Gasteiger partial charge is 0.388 e. The van der Waals surface area contributed by atoms with Gasteiger partial charge in [-0.15, -0.1) is 25.8 Å². The monoisotopic (exact) mass is 245 g/mol. The van der Waals surface area contributed by atoms with E-state index in [4.69, 9.17) is 0 Å². The molecule has 1 N–H and O–H groups in total. The number of hydrogen-bond acceptors (Lipinski definition) is 2. The van der Waals surface area contributed by atoms with Crippen molar-refractivity contribution in [2.24, 2.45) is 5.92 Å². The molecule has 0 amide bonds. The molecule has 1 aromatic rings. The summed E-state index contributed by atoms with van der Waals surface area (Å²) in [5.74, 6) is 0.282. The first-order chi connectivity index (χ1) is 8.22. The highest BCUT2D eigenvalue weighted by Gasteiger charge is 2.05. The predicted octanol–water partition coefficient (Wildman–Crippen LogP) is 4.38. The number of thiol groups is 1. The fourth-order valence-corrected chi connectivity index (χ4v) is 2.03. The number of benzene rings is 1. The van der Waals surface area contributed by atoms with Crippen LogP contribution >= 0.6 is 12.6 Å². The first-order valence-electron chi connectivity index (χ1n) is 5.64. The molecule has 0 saturated heterocycles. The van der Waals surface area contributed by atoms with E-state index in [0.717, 1.165) is 22.6 Å². The summed E-state index contributed by atoms with van der Waals surface area (Å²) >= 11 is 4.57. The average molecular weight is 245 g/mol. The molecule has 0 radical (unpaired) electrons. The molecule has 0 aliphatic rings. The number of nitrogens with one attached hydrogen (secondary N) is 1. The van der Waals surface area contributed by atoms with Crippen LogP contribution in [0.2, 0.25) is 0 Å². The van der Waals surface area contributed by atoms with Gasteiger partial charge in [0.15, 0.2) is 0 Å². The molecule has 1 aromatic carbocycles. The van der Waals surface area contributed by atoms with E-state index in [0.29, 0.717) is 0 Å². The van der Waals surface area contributed by atoms with Crippen LogP contribution in [0.1, 0.15) is 12.0 Å². The van der Waals surface area contributed by atoms with E-state index in [1.807, 2.05) is 37.4 Å². The highest BCUT2D eigenvalue weighted by Crippen LogP contribution is 2.28. The lowest BCUT2D eigenvalue weighted by atomic mass is 10.0. The molecule has 1 atom stereocenters. The Balaban J connectivity index is 3.01. The summed E-state index contributed by atoms with van der Waals surface area (Å²) in [6.07, 6.45) is 6.80. The number of anilines is 1. The number of rotatable bonds is 6. The standard InChI is InChI=1S/C15H19NS/c1-4-8-12(5-2)11-15(17)13-9-6-7-10-14(13)16-3/h4-7,9-12,16-17H,1-2,8H2,3H3/b15-11-. The van der Waals surface area contributed by atoms with Gasteiger partial charge in [0.25, 0.3) is 0 Å². The predicted molar refractivity (Wildman–Crippen MR) is 81.5 cm³/mol. The summed E-state index contributed by atoms with van der Waals surface area (Å²) in [7, 11) is 1.91. The van der Waals surface area contributed by atoms with E-state index in [2.05, 4.69) is 43.2 Å². The summed E-state index contributed by atoms with van der Waals surface area (Å²) in [4.78, 5) is 0.960. The summed E-state index contributed by atoms with van der Waals surface area (Å²) in [5.41, 5.74) is 2.18. The van der Waals surface area contributed by atoms with Crippen LogP contribution in [0, 0.1) is 5.92 Å². The van der Waals surface area contributed by atoms with Crippen molar-refractivity contribution >= 4 is 23.2 Å². The minimum atomic E-state index is 0.282. The van der Waals surface area contributed by atoms with Gasteiger partial charge in [-0.2, -0.15) is 0 Å². The van der Waals surface area contributed by atoms with Crippen LogP contribution in [-0.2, 0) is 0 Å². The van der Waals surface area contributed by atoms with Crippen molar-refractivity contribution in [1.82, 2.24) is 0 Å². The number of allylic oxidation sites excluding steroid dienone is 3. The molecule has 0 aromatic heterocycles. The minimum Gasteiger partial charge on any atom is -0.388 e. The fourth-order valence-electron chi connectivity index (χ4n) is 1.64. The first kappa shape index (κ1) is 13.7. The van der Waals surface area contributed by atoms with Crippen molar-refractivity contribution in [1.29, 1.82) is 0 Å². The van der Waals surface area contributed by atoms with Gasteiger partial charge in [0.05, 0.1) is 0 Å². The van der Waals surface area contributed by atoms with E-state index in [-0.39, 0.29) is 5.92 Å². The molecule has 2 heteroatoms. The summed E-state index contributed by atoms with van der Waals surface area (Å²) < 4.78 is 0. The first-order valence-corrected chi connectivity index (χ1v) is 6.09. The van der Waals surface area contributed by atoms with Crippen LogP contribution in [-0.4, -0.2) is 7.05 Å². The Kier molecular flexibility index (Phi) is 5.64. The fraction of sp³-hybridized carbons (Fsp3) is 0.200. The van der Waals surface area contributed by atoms with Gasteiger partial charge in [-0.3, -0.25) is 0 Å². The maximum Gasteiger partial charge on any atom is 0.0422 e. The molecular weight excluding hydrogens is 226 g/mol. The van der Waals surface area contributed by atoms with Gasteiger partial charge in [-0.05, 0) is 18.4 Å². The van der Waals surface area contributed by atoms with Crippen LogP contribution < -0.4 is 5.32 Å². The third-order valence-corrected chi connectivity index (χ3v) is 2.98. The Morgan fingerprint density at radius 1 is 1.41 bits per heavy atom. The van der Waals surface area contributed by atoms with Gasteiger partial charge >= 0.3 is 0 Å². The molecule has 0 bridgehead atoms. The molecule has 0 heterocycles. The normalized spacial score (nSPS) is 12.9. The van der Waals surface area contributed by atoms with Gasteiger partial charge in [-0.1, -0.05) is 36.4 Å². The zero-order chi connectivity index (χ0) is 12.7. The maximum atomic E-state index is 4.57. The van der Waals surface area contributed by atoms with Crippen molar-refractivity contribution in [3.63, 3.8) is 0 Å². The quantitative estimate of drug-likeness (QED) is 0.560. The summed E-state index contributed by atoms with van der Waals surface area (Å²) in [5, 5.41) is 3.16. The Morgan fingerprint density at radius 3 is 2.71 bits per heavy atom. The Morgan fingerprint density at radius 2 is 2.12 bits per heavy atom. The second kappa shape index (κ2) is 7.02. The van der Waals surface area contributed by atoms with Crippen LogP contribution in [0.3, 0.4) is 0 Å². The van der Waals surface area contributed by atoms with E-state index in [1.165, 1.54) is 0 Å². The molecule has 0 spiro atoms. The lowest BCUT2D eigenvalue weighted by molar-refractivity contribution is 0.839. The van der Waals surface area contributed by atoms with Crippen LogP contribution in [0.4, 0.5) is 5.69 Å². The van der Waals surface area contributed by atoms with Crippen molar-refractivity contribution in [2.75, 3.05) is 12.4 Å². The number of hydrogen-bond donors (Lipinski definition) is 2. The highest BCUT2D eigenvalue weighted by atomic mass is 32.1. The van der Waals surface area contributed by atoms with Crippen LogP contribution in [0.5, 0.6) is 0 Å². The molecule has 0 aliphatic heterocycles. The molecule has 0 fully saturated rings. The Hall–Kier alpha value is -1.41. The zero-order valence-corrected chi connectivity index (χ0v) is 11.1. The second-order valence-corrected chi connectivity index (χ2v) is 4.25. The van der Waals surface area contributed by atoms with Gasteiger partial charge in [0, 0.05) is 23.2 Å². The summed E-state index contributed by atoms with van der Waals surface area (Å²) in [6.45, 7) is 7.57. The van der Waals surface area contributed by atoms with Gasteiger partial charge in [0.1, 0.15) is 0 Å². The lowest BCUT2D eigenvalue weighted by Crippen LogP contribution is -1.94. The molecule has 1 unspecified atom stereocenters. The van der Waals surface area contributed by atoms with E-state index >= 15 is 0 Å². The Bertz CT molecular complexity index is 421. The van der Waals surface area contributed by atoms with Crippen molar-refractivity contribution in [3.8, 4) is 0 Å². The molecular formula is C15H19NS. The van der Waals surface area contributed by atoms with Gasteiger partial charge in [0.2, 0.25) is 0 Å². The van der Waals surface area contributed by atoms with Crippen LogP contribution in [0.25, 0.3) is 4.91 Å². The second-order valence-electron chi connectivity index (χ2n) is 3.77. The van der Waals surface area contributed by atoms with Crippen molar-refractivity contribution in [2.45, 2.75) is 6.42 Å². The van der Waals surface area contributed by atoms with Gasteiger partial charge < -0.3 is 5.32 Å². The number of para-hydroxylation sites is 1. The highest BCUT2D eigenvalue weighted by molar-refractivity contribution is 7.90. The minimum absolute atomic E-state index is 0.282. The third-order valence-electron chi connectivity index (χ3n) is 2.59.